The molecule has 1 aromatic rings. The van der Waals surface area contributed by atoms with Crippen molar-refractivity contribution in [1.29, 1.82) is 0 Å². The molecule has 1 atom stereocenters. The summed E-state index contributed by atoms with van der Waals surface area (Å²) in [5.74, 6) is 1.49. The van der Waals surface area contributed by atoms with E-state index in [1.807, 2.05) is 6.20 Å². The number of aryl methyl sites for hydroxylation is 1. The monoisotopic (exact) mass is 281 g/mol. The van der Waals surface area contributed by atoms with Gasteiger partial charge in [0.1, 0.15) is 0 Å². The molecule has 1 aliphatic rings. The molecule has 1 aromatic heterocycles. The van der Waals surface area contributed by atoms with Crippen LogP contribution in [0.2, 0.25) is 0 Å². The van der Waals surface area contributed by atoms with Crippen LogP contribution in [-0.4, -0.2) is 36.6 Å². The highest BCUT2D eigenvalue weighted by Gasteiger charge is 2.30. The molecule has 0 radical (unpaired) electrons. The third-order valence-corrected chi connectivity index (χ3v) is 3.96. The molecule has 0 aromatic carbocycles. The highest BCUT2D eigenvalue weighted by molar-refractivity contribution is 5.29. The van der Waals surface area contributed by atoms with Gasteiger partial charge in [-0.3, -0.25) is 4.68 Å². The van der Waals surface area contributed by atoms with Crippen molar-refractivity contribution in [2.75, 3.05) is 26.9 Å². The lowest BCUT2D eigenvalue weighted by Gasteiger charge is -2.31. The summed E-state index contributed by atoms with van der Waals surface area (Å²) in [6.07, 6.45) is 5.11. The van der Waals surface area contributed by atoms with E-state index in [-0.39, 0.29) is 0 Å². The molecule has 0 amide bonds. The molecular formula is C15H27N3O2. The van der Waals surface area contributed by atoms with Gasteiger partial charge >= 0.3 is 0 Å². The largest absolute Gasteiger partial charge is 0.493 e. The zero-order chi connectivity index (χ0) is 14.4. The van der Waals surface area contributed by atoms with Crippen LogP contribution in [0.1, 0.15) is 44.8 Å². The van der Waals surface area contributed by atoms with E-state index in [0.29, 0.717) is 12.0 Å². The van der Waals surface area contributed by atoms with Crippen molar-refractivity contribution >= 4 is 0 Å². The van der Waals surface area contributed by atoms with Crippen LogP contribution in [0.5, 0.6) is 5.75 Å². The summed E-state index contributed by atoms with van der Waals surface area (Å²) in [5.41, 5.74) is 1.20. The maximum atomic E-state index is 5.54. The Balaban J connectivity index is 2.28. The summed E-state index contributed by atoms with van der Waals surface area (Å²) in [4.78, 5) is 0. The van der Waals surface area contributed by atoms with E-state index in [0.717, 1.165) is 51.3 Å². The predicted molar refractivity (Wildman–Crippen MR) is 79.0 cm³/mol. The maximum Gasteiger partial charge on any atom is 0.161 e. The van der Waals surface area contributed by atoms with E-state index in [9.17, 15) is 0 Å². The lowest BCUT2D eigenvalue weighted by Crippen LogP contribution is -2.34. The standard InChI is InChI=1S/C15H27N3O2/c1-4-8-18-15(13(19-3)11-17-18)14(16-5-2)12-6-9-20-10-7-12/h11-12,14,16H,4-10H2,1-3H3. The van der Waals surface area contributed by atoms with Gasteiger partial charge in [-0.05, 0) is 31.7 Å². The van der Waals surface area contributed by atoms with E-state index in [1.54, 1.807) is 7.11 Å². The molecule has 0 aliphatic carbocycles. The first-order valence-corrected chi connectivity index (χ1v) is 7.72. The Hall–Kier alpha value is -1.07. The Labute approximate surface area is 121 Å². The van der Waals surface area contributed by atoms with Crippen molar-refractivity contribution in [2.45, 2.75) is 45.7 Å². The molecule has 0 bridgehead atoms. The zero-order valence-electron chi connectivity index (χ0n) is 12.9. The Morgan fingerprint density at radius 3 is 2.80 bits per heavy atom. The van der Waals surface area contributed by atoms with Crippen LogP contribution < -0.4 is 10.1 Å². The van der Waals surface area contributed by atoms with E-state index in [2.05, 4.69) is 28.9 Å². The summed E-state index contributed by atoms with van der Waals surface area (Å²) < 4.78 is 13.1. The van der Waals surface area contributed by atoms with Gasteiger partial charge in [-0.1, -0.05) is 13.8 Å². The number of hydrogen-bond donors (Lipinski definition) is 1. The average Bonchev–Trinajstić information content (AvgIpc) is 2.89. The molecule has 1 saturated heterocycles. The normalized spacial score (nSPS) is 18.1. The number of methoxy groups -OCH3 is 1. The third-order valence-electron chi connectivity index (χ3n) is 3.96. The van der Waals surface area contributed by atoms with Crippen molar-refractivity contribution < 1.29 is 9.47 Å². The van der Waals surface area contributed by atoms with Crippen LogP contribution in [0.15, 0.2) is 6.20 Å². The van der Waals surface area contributed by atoms with Crippen molar-refractivity contribution in [3.8, 4) is 5.75 Å². The molecule has 114 valence electrons. The van der Waals surface area contributed by atoms with Crippen LogP contribution >= 0.6 is 0 Å². The first-order chi connectivity index (χ1) is 9.81. The first-order valence-electron chi connectivity index (χ1n) is 7.72. The molecule has 1 unspecified atom stereocenters. The Morgan fingerprint density at radius 2 is 2.20 bits per heavy atom. The van der Waals surface area contributed by atoms with E-state index >= 15 is 0 Å². The fourth-order valence-electron chi connectivity index (χ4n) is 2.99. The SMILES string of the molecule is CCCn1ncc(OC)c1C(NCC)C1CCOCC1. The summed E-state index contributed by atoms with van der Waals surface area (Å²) in [7, 11) is 1.73. The smallest absolute Gasteiger partial charge is 0.161 e. The van der Waals surface area contributed by atoms with Crippen molar-refractivity contribution in [3.05, 3.63) is 11.9 Å². The Kier molecular flexibility index (Phi) is 5.86. The van der Waals surface area contributed by atoms with Gasteiger partial charge in [0.2, 0.25) is 0 Å². The molecular weight excluding hydrogens is 254 g/mol. The summed E-state index contributed by atoms with van der Waals surface area (Å²) >= 11 is 0. The molecule has 5 heteroatoms. The Morgan fingerprint density at radius 1 is 1.45 bits per heavy atom. The van der Waals surface area contributed by atoms with Crippen LogP contribution in [0.3, 0.4) is 0 Å². The minimum atomic E-state index is 0.299. The quantitative estimate of drug-likeness (QED) is 0.833. The van der Waals surface area contributed by atoms with Gasteiger partial charge in [-0.2, -0.15) is 5.10 Å². The molecule has 0 spiro atoms. The lowest BCUT2D eigenvalue weighted by molar-refractivity contribution is 0.0523. The van der Waals surface area contributed by atoms with Crippen LogP contribution in [0, 0.1) is 5.92 Å². The number of nitrogens with zero attached hydrogens (tertiary/aromatic N) is 2. The van der Waals surface area contributed by atoms with Gasteiger partial charge in [0.15, 0.2) is 5.75 Å². The number of ether oxygens (including phenoxy) is 2. The fraction of sp³-hybridized carbons (Fsp3) is 0.800. The molecule has 1 aliphatic heterocycles. The third kappa shape index (κ3) is 3.33. The molecule has 1 fully saturated rings. The topological polar surface area (TPSA) is 48.3 Å². The summed E-state index contributed by atoms with van der Waals surface area (Å²) in [6.45, 7) is 7.92. The number of hydrogen-bond acceptors (Lipinski definition) is 4. The highest BCUT2D eigenvalue weighted by atomic mass is 16.5. The first kappa shape index (κ1) is 15.3. The van der Waals surface area contributed by atoms with Crippen molar-refractivity contribution in [2.24, 2.45) is 5.92 Å². The second-order valence-electron chi connectivity index (χ2n) is 5.31. The zero-order valence-corrected chi connectivity index (χ0v) is 12.9. The van der Waals surface area contributed by atoms with Crippen molar-refractivity contribution in [1.82, 2.24) is 15.1 Å². The van der Waals surface area contributed by atoms with E-state index < -0.39 is 0 Å². The molecule has 1 N–H and O–H groups in total. The van der Waals surface area contributed by atoms with Gasteiger partial charge in [0, 0.05) is 19.8 Å². The van der Waals surface area contributed by atoms with E-state index in [4.69, 9.17) is 9.47 Å². The second-order valence-corrected chi connectivity index (χ2v) is 5.31. The van der Waals surface area contributed by atoms with Gasteiger partial charge < -0.3 is 14.8 Å². The average molecular weight is 281 g/mol. The van der Waals surface area contributed by atoms with E-state index in [1.165, 1.54) is 5.69 Å². The van der Waals surface area contributed by atoms with Gasteiger partial charge in [0.05, 0.1) is 25.0 Å². The predicted octanol–water partition coefficient (Wildman–Crippen LogP) is 2.38. The maximum absolute atomic E-state index is 5.54. The van der Waals surface area contributed by atoms with Gasteiger partial charge in [0.25, 0.3) is 0 Å². The van der Waals surface area contributed by atoms with Crippen molar-refractivity contribution in [3.63, 3.8) is 0 Å². The molecule has 2 heterocycles. The second kappa shape index (κ2) is 7.64. The molecule has 2 rings (SSSR count). The van der Waals surface area contributed by atoms with Crippen LogP contribution in [-0.2, 0) is 11.3 Å². The van der Waals surface area contributed by atoms with Gasteiger partial charge in [-0.25, -0.2) is 0 Å². The Bertz CT molecular complexity index is 400. The highest BCUT2D eigenvalue weighted by Crippen LogP contribution is 2.35. The minimum Gasteiger partial charge on any atom is -0.493 e. The van der Waals surface area contributed by atoms with Crippen LogP contribution in [0.25, 0.3) is 0 Å². The summed E-state index contributed by atoms with van der Waals surface area (Å²) in [6, 6.07) is 0.299. The lowest BCUT2D eigenvalue weighted by atomic mass is 9.89. The molecule has 0 saturated carbocycles. The number of rotatable bonds is 7. The van der Waals surface area contributed by atoms with Gasteiger partial charge in [-0.15, -0.1) is 0 Å². The number of aromatic nitrogens is 2. The molecule has 20 heavy (non-hydrogen) atoms. The molecule has 5 nitrogen and oxygen atoms in total. The van der Waals surface area contributed by atoms with Crippen LogP contribution in [0.4, 0.5) is 0 Å². The number of nitrogens with one attached hydrogen (secondary N) is 1. The fourth-order valence-corrected chi connectivity index (χ4v) is 2.99. The summed E-state index contributed by atoms with van der Waals surface area (Å²) in [5, 5.41) is 8.13. The minimum absolute atomic E-state index is 0.299.